The van der Waals surface area contributed by atoms with E-state index in [-0.39, 0.29) is 5.91 Å². The number of likely N-dealkylation sites (tertiary alicyclic amines) is 1. The van der Waals surface area contributed by atoms with Gasteiger partial charge in [-0.25, -0.2) is 4.98 Å². The summed E-state index contributed by atoms with van der Waals surface area (Å²) in [7, 11) is 0. The number of fused-ring (bicyclic) bond motifs is 1. The quantitative estimate of drug-likeness (QED) is 0.911. The minimum atomic E-state index is 0.179. The molecule has 128 valence electrons. The summed E-state index contributed by atoms with van der Waals surface area (Å²) < 4.78 is 2.09. The van der Waals surface area contributed by atoms with Crippen LogP contribution < -0.4 is 5.32 Å². The van der Waals surface area contributed by atoms with Crippen molar-refractivity contribution in [1.29, 1.82) is 0 Å². The average Bonchev–Trinajstić information content (AvgIpc) is 3.27. The summed E-state index contributed by atoms with van der Waals surface area (Å²) in [6.45, 7) is 8.06. The lowest BCUT2D eigenvalue weighted by molar-refractivity contribution is 0.0758. The van der Waals surface area contributed by atoms with E-state index < -0.39 is 0 Å². The van der Waals surface area contributed by atoms with Gasteiger partial charge >= 0.3 is 0 Å². The Morgan fingerprint density at radius 1 is 1.25 bits per heavy atom. The Kier molecular flexibility index (Phi) is 4.18. The lowest BCUT2D eigenvalue weighted by Gasteiger charge is -2.21. The van der Waals surface area contributed by atoms with E-state index in [1.54, 1.807) is 11.3 Å². The van der Waals surface area contributed by atoms with E-state index in [0.717, 1.165) is 72.9 Å². The van der Waals surface area contributed by atoms with Gasteiger partial charge in [-0.05, 0) is 57.7 Å². The lowest BCUT2D eigenvalue weighted by Crippen LogP contribution is -2.33. The summed E-state index contributed by atoms with van der Waals surface area (Å²) in [5.74, 6) is 1.66. The van der Waals surface area contributed by atoms with Crippen molar-refractivity contribution in [3.63, 3.8) is 0 Å². The van der Waals surface area contributed by atoms with Crippen LogP contribution in [0.15, 0.2) is 17.6 Å². The first-order valence-electron chi connectivity index (χ1n) is 8.74. The number of aromatic nitrogens is 2. The predicted molar refractivity (Wildman–Crippen MR) is 95.9 cm³/mol. The van der Waals surface area contributed by atoms with Crippen LogP contribution in [0.4, 0.5) is 0 Å². The molecule has 4 heterocycles. The van der Waals surface area contributed by atoms with Gasteiger partial charge in [0.25, 0.3) is 5.91 Å². The number of carbonyl (C=O) groups excluding carboxylic acids is 1. The molecule has 2 aliphatic heterocycles. The van der Waals surface area contributed by atoms with Crippen LogP contribution in [-0.2, 0) is 0 Å². The van der Waals surface area contributed by atoms with Crippen molar-refractivity contribution in [1.82, 2.24) is 19.8 Å². The van der Waals surface area contributed by atoms with Gasteiger partial charge < -0.3 is 10.2 Å². The molecule has 2 fully saturated rings. The first kappa shape index (κ1) is 15.8. The molecule has 2 aliphatic rings. The fourth-order valence-corrected chi connectivity index (χ4v) is 4.94. The number of aryl methyl sites for hydroxylation is 1. The number of carbonyl (C=O) groups is 1. The van der Waals surface area contributed by atoms with Gasteiger partial charge in [-0.15, -0.1) is 11.3 Å². The highest BCUT2D eigenvalue weighted by Gasteiger charge is 2.32. The van der Waals surface area contributed by atoms with E-state index in [0.29, 0.717) is 0 Å². The van der Waals surface area contributed by atoms with Gasteiger partial charge in [-0.3, -0.25) is 9.36 Å². The molecule has 0 radical (unpaired) electrons. The Bertz CT molecular complexity index is 723. The van der Waals surface area contributed by atoms with Crippen molar-refractivity contribution in [3.05, 3.63) is 34.6 Å². The van der Waals surface area contributed by atoms with Crippen molar-refractivity contribution in [2.75, 3.05) is 26.2 Å². The third-order valence-corrected chi connectivity index (χ3v) is 6.34. The van der Waals surface area contributed by atoms with Crippen LogP contribution in [0.1, 0.15) is 34.6 Å². The molecule has 0 spiro atoms. The minimum Gasteiger partial charge on any atom is -0.339 e. The van der Waals surface area contributed by atoms with Crippen LogP contribution in [0.5, 0.6) is 0 Å². The van der Waals surface area contributed by atoms with E-state index in [1.807, 2.05) is 31.5 Å². The molecule has 2 aromatic rings. The number of thiazole rings is 1. The molecule has 0 aliphatic carbocycles. The van der Waals surface area contributed by atoms with Gasteiger partial charge in [0.05, 0.1) is 5.56 Å². The molecule has 1 amide bonds. The minimum absolute atomic E-state index is 0.179. The summed E-state index contributed by atoms with van der Waals surface area (Å²) in [6, 6.07) is 2.02. The maximum atomic E-state index is 13.1. The van der Waals surface area contributed by atoms with Gasteiger partial charge in [0.2, 0.25) is 0 Å². The highest BCUT2D eigenvalue weighted by atomic mass is 32.1. The fourth-order valence-electron chi connectivity index (χ4n) is 4.19. The average molecular weight is 344 g/mol. The molecular formula is C18H24N4OS. The number of hydrogen-bond acceptors (Lipinski definition) is 4. The third kappa shape index (κ3) is 2.67. The molecule has 0 saturated carbocycles. The second kappa shape index (κ2) is 6.33. The van der Waals surface area contributed by atoms with Gasteiger partial charge in [0, 0.05) is 36.1 Å². The summed E-state index contributed by atoms with van der Waals surface area (Å²) >= 11 is 1.60. The Morgan fingerprint density at radius 3 is 2.58 bits per heavy atom. The Balaban J connectivity index is 1.58. The molecule has 24 heavy (non-hydrogen) atoms. The number of hydrogen-bond donors (Lipinski definition) is 1. The Hall–Kier alpha value is -1.66. The molecule has 1 N–H and O–H groups in total. The summed E-state index contributed by atoms with van der Waals surface area (Å²) in [5.41, 5.74) is 2.90. The molecule has 5 nitrogen and oxygen atoms in total. The monoisotopic (exact) mass is 344 g/mol. The zero-order valence-electron chi connectivity index (χ0n) is 14.3. The van der Waals surface area contributed by atoms with Gasteiger partial charge in [0.15, 0.2) is 5.13 Å². The van der Waals surface area contributed by atoms with Crippen LogP contribution in [-0.4, -0.2) is 46.5 Å². The molecule has 0 aromatic carbocycles. The van der Waals surface area contributed by atoms with Crippen molar-refractivity contribution in [2.24, 2.45) is 11.8 Å². The van der Waals surface area contributed by atoms with Crippen molar-refractivity contribution < 1.29 is 4.79 Å². The molecule has 4 rings (SSSR count). The summed E-state index contributed by atoms with van der Waals surface area (Å²) in [4.78, 5) is 19.6. The van der Waals surface area contributed by atoms with E-state index >= 15 is 0 Å². The van der Waals surface area contributed by atoms with Crippen LogP contribution in [0.3, 0.4) is 0 Å². The van der Waals surface area contributed by atoms with E-state index in [1.165, 1.54) is 0 Å². The van der Waals surface area contributed by atoms with E-state index in [9.17, 15) is 4.79 Å². The van der Waals surface area contributed by atoms with Crippen molar-refractivity contribution in [2.45, 2.75) is 26.7 Å². The standard InChI is InChI=1S/C18H24N4OS/c1-12-9-16(13(2)22(12)18-20-5-8-24-18)17(23)21-6-3-14-10-19-11-15(14)4-7-21/h5,8-9,14-15,19H,3-4,6-7,10-11H2,1-2H3/t14-,15+. The van der Waals surface area contributed by atoms with Crippen LogP contribution in [0.2, 0.25) is 0 Å². The number of nitrogens with one attached hydrogen (secondary N) is 1. The molecular weight excluding hydrogens is 320 g/mol. The highest BCUT2D eigenvalue weighted by molar-refractivity contribution is 7.12. The van der Waals surface area contributed by atoms with Crippen LogP contribution >= 0.6 is 11.3 Å². The zero-order valence-corrected chi connectivity index (χ0v) is 15.1. The molecule has 2 saturated heterocycles. The normalized spacial score (nSPS) is 24.0. The number of rotatable bonds is 2. The first-order chi connectivity index (χ1) is 11.6. The zero-order chi connectivity index (χ0) is 16.7. The first-order valence-corrected chi connectivity index (χ1v) is 9.62. The highest BCUT2D eigenvalue weighted by Crippen LogP contribution is 2.29. The maximum Gasteiger partial charge on any atom is 0.255 e. The van der Waals surface area contributed by atoms with Gasteiger partial charge in [0.1, 0.15) is 0 Å². The number of amides is 1. The Labute approximate surface area is 146 Å². The van der Waals surface area contributed by atoms with Crippen molar-refractivity contribution >= 4 is 17.2 Å². The van der Waals surface area contributed by atoms with E-state index in [4.69, 9.17) is 0 Å². The SMILES string of the molecule is Cc1cc(C(=O)N2CC[C@@H]3CNC[C@@H]3CC2)c(C)n1-c1nccs1. The molecule has 0 bridgehead atoms. The van der Waals surface area contributed by atoms with E-state index in [2.05, 4.69) is 19.8 Å². The maximum absolute atomic E-state index is 13.1. The smallest absolute Gasteiger partial charge is 0.255 e. The summed E-state index contributed by atoms with van der Waals surface area (Å²) in [5, 5.41) is 6.39. The fraction of sp³-hybridized carbons (Fsp3) is 0.556. The van der Waals surface area contributed by atoms with Crippen LogP contribution in [0, 0.1) is 25.7 Å². The molecule has 0 unspecified atom stereocenters. The second-order valence-corrected chi connectivity index (χ2v) is 7.86. The molecule has 6 heteroatoms. The third-order valence-electron chi connectivity index (χ3n) is 5.58. The molecule has 2 aromatic heterocycles. The predicted octanol–water partition coefficient (Wildman–Crippen LogP) is 2.62. The van der Waals surface area contributed by atoms with Crippen LogP contribution in [0.25, 0.3) is 5.13 Å². The van der Waals surface area contributed by atoms with Gasteiger partial charge in [-0.1, -0.05) is 0 Å². The van der Waals surface area contributed by atoms with Crippen molar-refractivity contribution in [3.8, 4) is 5.13 Å². The summed E-state index contributed by atoms with van der Waals surface area (Å²) in [6.07, 6.45) is 4.05. The van der Waals surface area contributed by atoms with Gasteiger partial charge in [-0.2, -0.15) is 0 Å². The molecule has 2 atom stereocenters. The number of nitrogens with zero attached hydrogens (tertiary/aromatic N) is 3. The largest absolute Gasteiger partial charge is 0.339 e. The Morgan fingerprint density at radius 2 is 1.96 bits per heavy atom. The lowest BCUT2D eigenvalue weighted by atomic mass is 9.92. The second-order valence-electron chi connectivity index (χ2n) is 6.98. The topological polar surface area (TPSA) is 50.2 Å².